The third-order valence-corrected chi connectivity index (χ3v) is 4.58. The lowest BCUT2D eigenvalue weighted by Crippen LogP contribution is -2.32. The highest BCUT2D eigenvalue weighted by Crippen LogP contribution is 2.57. The average Bonchev–Trinajstić information content (AvgIpc) is 3.02. The molecule has 2 aliphatic rings. The Bertz CT molecular complexity index is 211. The molecule has 0 heterocycles. The molecule has 2 rings (SSSR count). The van der Waals surface area contributed by atoms with Crippen molar-refractivity contribution in [2.24, 2.45) is 17.8 Å². The summed E-state index contributed by atoms with van der Waals surface area (Å²) in [5.74, 6) is 3.19. The van der Waals surface area contributed by atoms with E-state index in [2.05, 4.69) is 24.9 Å². The summed E-state index contributed by atoms with van der Waals surface area (Å²) in [5.41, 5.74) is 0. The molecule has 0 amide bonds. The summed E-state index contributed by atoms with van der Waals surface area (Å²) in [4.78, 5) is 0. The topological polar surface area (TPSA) is 12.0 Å². The zero-order valence-corrected chi connectivity index (χ0v) is 10.8. The van der Waals surface area contributed by atoms with Crippen LogP contribution in [0, 0.1) is 17.8 Å². The van der Waals surface area contributed by atoms with E-state index in [1.54, 1.807) is 0 Å². The molecule has 2 saturated carbocycles. The van der Waals surface area contributed by atoms with Crippen molar-refractivity contribution in [3.8, 4) is 0 Å². The summed E-state index contributed by atoms with van der Waals surface area (Å²) in [7, 11) is 0. The number of allylic oxidation sites excluding steroid dienone is 1. The minimum Gasteiger partial charge on any atom is -0.314 e. The van der Waals surface area contributed by atoms with Crippen LogP contribution in [0.5, 0.6) is 0 Å². The van der Waals surface area contributed by atoms with Crippen LogP contribution >= 0.6 is 0 Å². The first-order valence-electron chi connectivity index (χ1n) is 7.22. The van der Waals surface area contributed by atoms with Crippen LogP contribution in [0.3, 0.4) is 0 Å². The van der Waals surface area contributed by atoms with E-state index >= 15 is 0 Å². The molecule has 0 saturated heterocycles. The van der Waals surface area contributed by atoms with Crippen molar-refractivity contribution in [2.45, 2.75) is 57.9 Å². The van der Waals surface area contributed by atoms with E-state index in [0.29, 0.717) is 0 Å². The molecule has 2 aliphatic carbocycles. The molecule has 16 heavy (non-hydrogen) atoms. The van der Waals surface area contributed by atoms with Gasteiger partial charge in [-0.2, -0.15) is 0 Å². The molecule has 92 valence electrons. The third-order valence-electron chi connectivity index (χ3n) is 4.58. The van der Waals surface area contributed by atoms with Gasteiger partial charge in [-0.25, -0.2) is 0 Å². The molecule has 0 aliphatic heterocycles. The van der Waals surface area contributed by atoms with Crippen molar-refractivity contribution < 1.29 is 0 Å². The van der Waals surface area contributed by atoms with E-state index < -0.39 is 0 Å². The molecule has 0 spiro atoms. The van der Waals surface area contributed by atoms with Crippen LogP contribution in [-0.4, -0.2) is 12.6 Å². The standard InChI is InChI=1S/C15H27N/c1-3-5-6-11-14(16-4-2)15-12-9-7-8-10-13(12)15/h3,12-16H,1,4-11H2,2H3. The van der Waals surface area contributed by atoms with E-state index in [9.17, 15) is 0 Å². The molecule has 2 fully saturated rings. The Balaban J connectivity index is 1.80. The molecule has 1 nitrogen and oxygen atoms in total. The Hall–Kier alpha value is -0.300. The summed E-state index contributed by atoms with van der Waals surface area (Å²) >= 11 is 0. The summed E-state index contributed by atoms with van der Waals surface area (Å²) in [5, 5.41) is 3.73. The van der Waals surface area contributed by atoms with E-state index in [1.807, 2.05) is 0 Å². The maximum Gasteiger partial charge on any atom is 0.0101 e. The first-order valence-corrected chi connectivity index (χ1v) is 7.22. The first kappa shape index (κ1) is 12.2. The number of nitrogens with one attached hydrogen (secondary N) is 1. The van der Waals surface area contributed by atoms with Gasteiger partial charge in [0.1, 0.15) is 0 Å². The minimum absolute atomic E-state index is 0.804. The van der Waals surface area contributed by atoms with Crippen LogP contribution in [0.4, 0.5) is 0 Å². The van der Waals surface area contributed by atoms with Gasteiger partial charge in [-0.15, -0.1) is 6.58 Å². The zero-order valence-electron chi connectivity index (χ0n) is 10.8. The first-order chi connectivity index (χ1) is 7.88. The summed E-state index contributed by atoms with van der Waals surface area (Å²) in [6, 6.07) is 0.804. The van der Waals surface area contributed by atoms with Gasteiger partial charge in [-0.05, 0) is 56.4 Å². The quantitative estimate of drug-likeness (QED) is 0.510. The van der Waals surface area contributed by atoms with Gasteiger partial charge in [0.25, 0.3) is 0 Å². The second-order valence-corrected chi connectivity index (χ2v) is 5.57. The normalized spacial score (nSPS) is 34.2. The van der Waals surface area contributed by atoms with Crippen LogP contribution in [-0.2, 0) is 0 Å². The van der Waals surface area contributed by atoms with Crippen molar-refractivity contribution in [1.82, 2.24) is 5.32 Å². The molecular formula is C15H27N. The van der Waals surface area contributed by atoms with Crippen LogP contribution in [0.15, 0.2) is 12.7 Å². The highest BCUT2D eigenvalue weighted by atomic mass is 14.9. The van der Waals surface area contributed by atoms with Gasteiger partial charge in [0, 0.05) is 6.04 Å². The van der Waals surface area contributed by atoms with Gasteiger partial charge in [-0.3, -0.25) is 0 Å². The fourth-order valence-corrected chi connectivity index (χ4v) is 3.82. The van der Waals surface area contributed by atoms with Gasteiger partial charge in [-0.1, -0.05) is 25.8 Å². The monoisotopic (exact) mass is 221 g/mol. The number of hydrogen-bond acceptors (Lipinski definition) is 1. The summed E-state index contributed by atoms with van der Waals surface area (Å²) in [6.07, 6.45) is 11.9. The van der Waals surface area contributed by atoms with Crippen LogP contribution in [0.2, 0.25) is 0 Å². The second kappa shape index (κ2) is 5.86. The molecule has 3 atom stereocenters. The van der Waals surface area contributed by atoms with Gasteiger partial charge < -0.3 is 5.32 Å². The molecule has 3 unspecified atom stereocenters. The Morgan fingerprint density at radius 2 is 2.00 bits per heavy atom. The molecule has 0 aromatic rings. The van der Waals surface area contributed by atoms with Gasteiger partial charge in [0.2, 0.25) is 0 Å². The SMILES string of the molecule is C=CCCCC(NCC)C1C2CCCCC21. The van der Waals surface area contributed by atoms with E-state index in [4.69, 9.17) is 0 Å². The predicted molar refractivity (Wildman–Crippen MR) is 70.5 cm³/mol. The number of fused-ring (bicyclic) bond motifs is 1. The lowest BCUT2D eigenvalue weighted by atomic mass is 10.0. The molecule has 0 aromatic heterocycles. The lowest BCUT2D eigenvalue weighted by molar-refractivity contribution is 0.406. The lowest BCUT2D eigenvalue weighted by Gasteiger charge is -2.18. The van der Waals surface area contributed by atoms with E-state index in [0.717, 1.165) is 30.3 Å². The van der Waals surface area contributed by atoms with Crippen LogP contribution in [0.1, 0.15) is 51.9 Å². The summed E-state index contributed by atoms with van der Waals surface area (Å²) in [6.45, 7) is 7.19. The Morgan fingerprint density at radius 3 is 2.56 bits per heavy atom. The maximum absolute atomic E-state index is 3.82. The molecule has 0 radical (unpaired) electrons. The fraction of sp³-hybridized carbons (Fsp3) is 0.867. The molecule has 1 N–H and O–H groups in total. The summed E-state index contributed by atoms with van der Waals surface area (Å²) < 4.78 is 0. The fourth-order valence-electron chi connectivity index (χ4n) is 3.82. The van der Waals surface area contributed by atoms with Crippen molar-refractivity contribution >= 4 is 0 Å². The van der Waals surface area contributed by atoms with Crippen molar-refractivity contribution in [2.75, 3.05) is 6.54 Å². The largest absolute Gasteiger partial charge is 0.314 e. The second-order valence-electron chi connectivity index (χ2n) is 5.57. The smallest absolute Gasteiger partial charge is 0.0101 e. The zero-order chi connectivity index (χ0) is 11.4. The maximum atomic E-state index is 3.82. The van der Waals surface area contributed by atoms with Crippen LogP contribution in [0.25, 0.3) is 0 Å². The van der Waals surface area contributed by atoms with Crippen molar-refractivity contribution in [3.05, 3.63) is 12.7 Å². The molecular weight excluding hydrogens is 194 g/mol. The molecule has 1 heteroatoms. The van der Waals surface area contributed by atoms with Crippen molar-refractivity contribution in [1.29, 1.82) is 0 Å². The molecule has 0 bridgehead atoms. The average molecular weight is 221 g/mol. The third kappa shape index (κ3) is 2.68. The van der Waals surface area contributed by atoms with Gasteiger partial charge in [0.05, 0.1) is 0 Å². The molecule has 0 aromatic carbocycles. The Morgan fingerprint density at radius 1 is 1.31 bits per heavy atom. The number of unbranched alkanes of at least 4 members (excludes halogenated alkanes) is 1. The van der Waals surface area contributed by atoms with Crippen LogP contribution < -0.4 is 5.32 Å². The number of rotatable bonds is 7. The highest BCUT2D eigenvalue weighted by Gasteiger charge is 2.53. The minimum atomic E-state index is 0.804. The van der Waals surface area contributed by atoms with Crippen molar-refractivity contribution in [3.63, 3.8) is 0 Å². The van der Waals surface area contributed by atoms with Gasteiger partial charge >= 0.3 is 0 Å². The number of hydrogen-bond donors (Lipinski definition) is 1. The Kier molecular flexibility index (Phi) is 4.45. The van der Waals surface area contributed by atoms with Gasteiger partial charge in [0.15, 0.2) is 0 Å². The predicted octanol–water partition coefficient (Wildman–Crippen LogP) is 3.76. The van der Waals surface area contributed by atoms with E-state index in [1.165, 1.54) is 44.9 Å². The Labute approximate surface area is 101 Å². The highest BCUT2D eigenvalue weighted by molar-refractivity contribution is 5.04. The van der Waals surface area contributed by atoms with E-state index in [-0.39, 0.29) is 0 Å².